The number of amides is 2. The second-order valence-corrected chi connectivity index (χ2v) is 5.98. The van der Waals surface area contributed by atoms with E-state index in [4.69, 9.17) is 0 Å². The van der Waals surface area contributed by atoms with E-state index in [0.29, 0.717) is 0 Å². The van der Waals surface area contributed by atoms with Crippen LogP contribution in [0, 0.1) is 6.92 Å². The minimum atomic E-state index is -0.133. The van der Waals surface area contributed by atoms with Crippen molar-refractivity contribution in [3.8, 4) is 0 Å². The van der Waals surface area contributed by atoms with E-state index in [-0.39, 0.29) is 18.4 Å². The van der Waals surface area contributed by atoms with Gasteiger partial charge in [0.25, 0.3) is 0 Å². The van der Waals surface area contributed by atoms with Gasteiger partial charge in [0.1, 0.15) is 0 Å². The van der Waals surface area contributed by atoms with E-state index in [2.05, 4.69) is 31.9 Å². The Bertz CT molecular complexity index is 714. The molecule has 0 aliphatic rings. The molecule has 2 aromatic rings. The zero-order chi connectivity index (χ0) is 16.8. The van der Waals surface area contributed by atoms with Crippen molar-refractivity contribution >= 4 is 44.8 Å². The minimum absolute atomic E-state index is 0.116. The maximum absolute atomic E-state index is 11.9. The van der Waals surface area contributed by atoms with Crippen molar-refractivity contribution in [2.45, 2.75) is 13.8 Å². The molecule has 0 fully saturated rings. The van der Waals surface area contributed by atoms with E-state index in [1.54, 1.807) is 24.3 Å². The standard InChI is InChI=1S/C17H18BrN3O2/c1-11-3-4-15(9-16(11)18)21-17(23)10-19-13-5-7-14(8-6-13)20-12(2)22/h3-9,19H,10H2,1-2H3,(H,20,22)(H,21,23). The maximum atomic E-state index is 11.9. The number of anilines is 3. The highest BCUT2D eigenvalue weighted by molar-refractivity contribution is 9.10. The number of hydrogen-bond acceptors (Lipinski definition) is 3. The largest absolute Gasteiger partial charge is 0.376 e. The van der Waals surface area contributed by atoms with Crippen LogP contribution in [0.4, 0.5) is 17.1 Å². The van der Waals surface area contributed by atoms with Crippen molar-refractivity contribution in [1.82, 2.24) is 0 Å². The van der Waals surface area contributed by atoms with Gasteiger partial charge in [-0.15, -0.1) is 0 Å². The maximum Gasteiger partial charge on any atom is 0.243 e. The van der Waals surface area contributed by atoms with Crippen molar-refractivity contribution in [2.75, 3.05) is 22.5 Å². The summed E-state index contributed by atoms with van der Waals surface area (Å²) in [5.41, 5.74) is 3.38. The molecular weight excluding hydrogens is 358 g/mol. The average Bonchev–Trinajstić information content (AvgIpc) is 2.50. The molecule has 0 aromatic heterocycles. The van der Waals surface area contributed by atoms with Crippen LogP contribution in [0.3, 0.4) is 0 Å². The van der Waals surface area contributed by atoms with Crippen molar-refractivity contribution in [1.29, 1.82) is 0 Å². The number of carbonyl (C=O) groups excluding carboxylic acids is 2. The fourth-order valence-corrected chi connectivity index (χ4v) is 2.31. The summed E-state index contributed by atoms with van der Waals surface area (Å²) in [6.45, 7) is 3.60. The summed E-state index contributed by atoms with van der Waals surface area (Å²) in [5.74, 6) is -0.249. The van der Waals surface area contributed by atoms with E-state index < -0.39 is 0 Å². The summed E-state index contributed by atoms with van der Waals surface area (Å²) in [4.78, 5) is 22.9. The third-order valence-corrected chi connectivity index (χ3v) is 3.97. The Balaban J connectivity index is 1.86. The SMILES string of the molecule is CC(=O)Nc1ccc(NCC(=O)Nc2ccc(C)c(Br)c2)cc1. The van der Waals surface area contributed by atoms with Gasteiger partial charge in [-0.3, -0.25) is 9.59 Å². The fourth-order valence-electron chi connectivity index (χ4n) is 1.93. The summed E-state index contributed by atoms with van der Waals surface area (Å²) in [7, 11) is 0. The molecule has 0 saturated carbocycles. The Morgan fingerprint density at radius 2 is 1.57 bits per heavy atom. The summed E-state index contributed by atoms with van der Waals surface area (Å²) in [5, 5.41) is 8.55. The third-order valence-electron chi connectivity index (χ3n) is 3.11. The molecule has 0 heterocycles. The van der Waals surface area contributed by atoms with Crippen LogP contribution in [0.15, 0.2) is 46.9 Å². The molecule has 0 saturated heterocycles. The van der Waals surface area contributed by atoms with Crippen molar-refractivity contribution in [3.63, 3.8) is 0 Å². The molecule has 0 radical (unpaired) electrons. The van der Waals surface area contributed by atoms with Gasteiger partial charge in [-0.2, -0.15) is 0 Å². The lowest BCUT2D eigenvalue weighted by molar-refractivity contribution is -0.115. The van der Waals surface area contributed by atoms with Crippen LogP contribution in [-0.4, -0.2) is 18.4 Å². The van der Waals surface area contributed by atoms with Crippen LogP contribution in [-0.2, 0) is 9.59 Å². The average molecular weight is 376 g/mol. The number of rotatable bonds is 5. The van der Waals surface area contributed by atoms with Crippen LogP contribution in [0.5, 0.6) is 0 Å². The number of carbonyl (C=O) groups is 2. The van der Waals surface area contributed by atoms with Gasteiger partial charge in [-0.05, 0) is 48.9 Å². The third kappa shape index (κ3) is 5.41. The molecule has 3 N–H and O–H groups in total. The number of aryl methyl sites for hydroxylation is 1. The fraction of sp³-hybridized carbons (Fsp3) is 0.176. The van der Waals surface area contributed by atoms with Crippen LogP contribution in [0.25, 0.3) is 0 Å². The summed E-state index contributed by atoms with van der Waals surface area (Å²) in [6.07, 6.45) is 0. The second-order valence-electron chi connectivity index (χ2n) is 5.12. The molecule has 0 aliphatic carbocycles. The van der Waals surface area contributed by atoms with Crippen LogP contribution in [0.1, 0.15) is 12.5 Å². The Kier molecular flexibility index (Phi) is 5.76. The van der Waals surface area contributed by atoms with Gasteiger partial charge in [0.2, 0.25) is 11.8 Å². The molecule has 6 heteroatoms. The summed E-state index contributed by atoms with van der Waals surface area (Å²) in [6, 6.07) is 12.8. The number of hydrogen-bond donors (Lipinski definition) is 3. The van der Waals surface area contributed by atoms with Gasteiger partial charge >= 0.3 is 0 Å². The van der Waals surface area contributed by atoms with E-state index in [1.165, 1.54) is 6.92 Å². The molecule has 2 rings (SSSR count). The van der Waals surface area contributed by atoms with Gasteiger partial charge < -0.3 is 16.0 Å². The zero-order valence-corrected chi connectivity index (χ0v) is 14.5. The quantitative estimate of drug-likeness (QED) is 0.744. The molecule has 23 heavy (non-hydrogen) atoms. The van der Waals surface area contributed by atoms with E-state index >= 15 is 0 Å². The monoisotopic (exact) mass is 375 g/mol. The van der Waals surface area contributed by atoms with Crippen LogP contribution < -0.4 is 16.0 Å². The van der Waals surface area contributed by atoms with Crippen LogP contribution >= 0.6 is 15.9 Å². The zero-order valence-electron chi connectivity index (χ0n) is 12.9. The summed E-state index contributed by atoms with van der Waals surface area (Å²) >= 11 is 3.44. The molecule has 0 spiro atoms. The number of halogens is 1. The van der Waals surface area contributed by atoms with Crippen LogP contribution in [0.2, 0.25) is 0 Å². The van der Waals surface area contributed by atoms with E-state index in [9.17, 15) is 9.59 Å². The van der Waals surface area contributed by atoms with Gasteiger partial charge in [-0.1, -0.05) is 22.0 Å². The molecule has 2 aromatic carbocycles. The molecule has 5 nitrogen and oxygen atoms in total. The molecular formula is C17H18BrN3O2. The van der Waals surface area contributed by atoms with Gasteiger partial charge in [0.05, 0.1) is 6.54 Å². The van der Waals surface area contributed by atoms with Crippen molar-refractivity contribution in [2.24, 2.45) is 0 Å². The topological polar surface area (TPSA) is 70.2 Å². The number of benzene rings is 2. The minimum Gasteiger partial charge on any atom is -0.376 e. The summed E-state index contributed by atoms with van der Waals surface area (Å²) < 4.78 is 0.955. The normalized spacial score (nSPS) is 10.0. The lowest BCUT2D eigenvalue weighted by atomic mass is 10.2. The highest BCUT2D eigenvalue weighted by Crippen LogP contribution is 2.20. The lowest BCUT2D eigenvalue weighted by Gasteiger charge is -2.09. The Morgan fingerprint density at radius 1 is 0.957 bits per heavy atom. The van der Waals surface area contributed by atoms with Crippen molar-refractivity contribution in [3.05, 3.63) is 52.5 Å². The molecule has 120 valence electrons. The van der Waals surface area contributed by atoms with E-state index in [1.807, 2.05) is 25.1 Å². The molecule has 0 atom stereocenters. The first-order valence-corrected chi connectivity index (χ1v) is 7.91. The molecule has 2 amide bonds. The van der Waals surface area contributed by atoms with E-state index in [0.717, 1.165) is 27.1 Å². The second kappa shape index (κ2) is 7.78. The highest BCUT2D eigenvalue weighted by atomic mass is 79.9. The molecule has 0 aliphatic heterocycles. The Hall–Kier alpha value is -2.34. The first-order valence-electron chi connectivity index (χ1n) is 7.11. The predicted molar refractivity (Wildman–Crippen MR) is 96.7 cm³/mol. The van der Waals surface area contributed by atoms with Gasteiger partial charge in [0, 0.05) is 28.5 Å². The smallest absolute Gasteiger partial charge is 0.243 e. The Morgan fingerprint density at radius 3 is 2.17 bits per heavy atom. The highest BCUT2D eigenvalue weighted by Gasteiger charge is 2.04. The first-order chi connectivity index (χ1) is 10.9. The predicted octanol–water partition coefficient (Wildman–Crippen LogP) is 3.77. The lowest BCUT2D eigenvalue weighted by Crippen LogP contribution is -2.21. The molecule has 0 unspecified atom stereocenters. The first kappa shape index (κ1) is 17.0. The van der Waals surface area contributed by atoms with Gasteiger partial charge in [-0.25, -0.2) is 0 Å². The Labute approximate surface area is 143 Å². The number of nitrogens with one attached hydrogen (secondary N) is 3. The van der Waals surface area contributed by atoms with Gasteiger partial charge in [0.15, 0.2) is 0 Å². The van der Waals surface area contributed by atoms with Crippen molar-refractivity contribution < 1.29 is 9.59 Å². The molecule has 0 bridgehead atoms.